The van der Waals surface area contributed by atoms with E-state index in [4.69, 9.17) is 11.6 Å². The molecule has 0 aliphatic carbocycles. The van der Waals surface area contributed by atoms with Crippen LogP contribution in [0.15, 0.2) is 22.7 Å². The van der Waals surface area contributed by atoms with E-state index in [1.807, 2.05) is 6.07 Å². The van der Waals surface area contributed by atoms with Crippen LogP contribution in [0.25, 0.3) is 0 Å². The molecule has 0 amide bonds. The fourth-order valence-electron chi connectivity index (χ4n) is 1.92. The minimum absolute atomic E-state index is 0.863. The van der Waals surface area contributed by atoms with E-state index in [1.54, 1.807) is 0 Å². The molecular formula is C15H23BrClN. The zero-order valence-electron chi connectivity index (χ0n) is 11.4. The monoisotopic (exact) mass is 331 g/mol. The molecule has 0 N–H and O–H groups in total. The number of benzene rings is 1. The van der Waals surface area contributed by atoms with Crippen LogP contribution in [0, 0.1) is 0 Å². The van der Waals surface area contributed by atoms with Crippen LogP contribution in [0.5, 0.6) is 0 Å². The lowest BCUT2D eigenvalue weighted by Gasteiger charge is -2.22. The van der Waals surface area contributed by atoms with Gasteiger partial charge in [-0.05, 0) is 43.6 Å². The average Bonchev–Trinajstić information content (AvgIpc) is 2.35. The molecule has 0 radical (unpaired) electrons. The van der Waals surface area contributed by atoms with E-state index in [0.29, 0.717) is 0 Å². The van der Waals surface area contributed by atoms with Crippen molar-refractivity contribution in [3.63, 3.8) is 0 Å². The molecule has 3 heteroatoms. The molecule has 0 fully saturated rings. The molecule has 0 atom stereocenters. The maximum Gasteiger partial charge on any atom is 0.0462 e. The molecule has 0 unspecified atom stereocenters. The third-order valence-corrected chi connectivity index (χ3v) is 3.91. The Morgan fingerprint density at radius 1 is 1.11 bits per heavy atom. The van der Waals surface area contributed by atoms with Gasteiger partial charge in [0, 0.05) is 16.0 Å². The van der Waals surface area contributed by atoms with Crippen LogP contribution in [0.3, 0.4) is 0 Å². The highest BCUT2D eigenvalue weighted by molar-refractivity contribution is 9.10. The predicted molar refractivity (Wildman–Crippen MR) is 84.2 cm³/mol. The van der Waals surface area contributed by atoms with Crippen LogP contribution in [0.4, 0.5) is 0 Å². The minimum atomic E-state index is 0.863. The Balaban J connectivity index is 2.62. The molecular weight excluding hydrogens is 310 g/mol. The highest BCUT2D eigenvalue weighted by Gasteiger charge is 2.08. The Morgan fingerprint density at radius 3 is 2.22 bits per heavy atom. The SMILES string of the molecule is CCCCN(CCCC)Cc1ccc(Br)cc1Cl. The van der Waals surface area contributed by atoms with E-state index in [-0.39, 0.29) is 0 Å². The van der Waals surface area contributed by atoms with Gasteiger partial charge < -0.3 is 0 Å². The highest BCUT2D eigenvalue weighted by atomic mass is 79.9. The Morgan fingerprint density at radius 2 is 1.72 bits per heavy atom. The van der Waals surface area contributed by atoms with E-state index in [9.17, 15) is 0 Å². The van der Waals surface area contributed by atoms with E-state index in [1.165, 1.54) is 44.3 Å². The van der Waals surface area contributed by atoms with Crippen LogP contribution in [-0.2, 0) is 6.54 Å². The first-order valence-corrected chi connectivity index (χ1v) is 8.00. The van der Waals surface area contributed by atoms with Crippen molar-refractivity contribution in [2.24, 2.45) is 0 Å². The molecule has 0 aromatic heterocycles. The summed E-state index contributed by atoms with van der Waals surface area (Å²) >= 11 is 9.73. The topological polar surface area (TPSA) is 3.24 Å². The van der Waals surface area contributed by atoms with Crippen molar-refractivity contribution in [2.45, 2.75) is 46.1 Å². The number of nitrogens with zero attached hydrogens (tertiary/aromatic N) is 1. The minimum Gasteiger partial charge on any atom is -0.299 e. The van der Waals surface area contributed by atoms with E-state index < -0.39 is 0 Å². The molecule has 0 aliphatic heterocycles. The van der Waals surface area contributed by atoms with E-state index in [0.717, 1.165) is 16.0 Å². The Hall–Kier alpha value is -0.0500. The molecule has 0 spiro atoms. The van der Waals surface area contributed by atoms with Crippen LogP contribution >= 0.6 is 27.5 Å². The van der Waals surface area contributed by atoms with E-state index in [2.05, 4.69) is 46.8 Å². The van der Waals surface area contributed by atoms with Gasteiger partial charge in [-0.25, -0.2) is 0 Å². The molecule has 0 saturated heterocycles. The second kappa shape index (κ2) is 8.95. The zero-order chi connectivity index (χ0) is 13.4. The third kappa shape index (κ3) is 5.73. The molecule has 1 aromatic carbocycles. The van der Waals surface area contributed by atoms with Gasteiger partial charge in [0.05, 0.1) is 0 Å². The highest BCUT2D eigenvalue weighted by Crippen LogP contribution is 2.22. The maximum atomic E-state index is 6.29. The third-order valence-electron chi connectivity index (χ3n) is 3.06. The summed E-state index contributed by atoms with van der Waals surface area (Å²) in [7, 11) is 0. The Labute approximate surface area is 125 Å². The van der Waals surface area contributed by atoms with Gasteiger partial charge in [0.15, 0.2) is 0 Å². The summed E-state index contributed by atoms with van der Waals surface area (Å²) in [5.74, 6) is 0. The molecule has 1 nitrogen and oxygen atoms in total. The summed E-state index contributed by atoms with van der Waals surface area (Å²) in [6.07, 6.45) is 5.02. The lowest BCUT2D eigenvalue weighted by molar-refractivity contribution is 0.257. The van der Waals surface area contributed by atoms with Crippen LogP contribution in [0.2, 0.25) is 5.02 Å². The van der Waals surface area contributed by atoms with Crippen molar-refractivity contribution in [3.05, 3.63) is 33.3 Å². The normalized spacial score (nSPS) is 11.2. The lowest BCUT2D eigenvalue weighted by atomic mass is 10.2. The van der Waals surface area contributed by atoms with Gasteiger partial charge in [-0.2, -0.15) is 0 Å². The van der Waals surface area contributed by atoms with Gasteiger partial charge in [-0.1, -0.05) is 60.3 Å². The molecule has 0 heterocycles. The first kappa shape index (κ1) is 16.0. The smallest absolute Gasteiger partial charge is 0.0462 e. The molecule has 0 saturated carbocycles. The first-order chi connectivity index (χ1) is 8.67. The van der Waals surface area contributed by atoms with Gasteiger partial charge in [0.2, 0.25) is 0 Å². The maximum absolute atomic E-state index is 6.29. The molecule has 0 aliphatic rings. The molecule has 1 rings (SSSR count). The fraction of sp³-hybridized carbons (Fsp3) is 0.600. The molecule has 0 bridgehead atoms. The number of unbranched alkanes of at least 4 members (excludes halogenated alkanes) is 2. The van der Waals surface area contributed by atoms with Crippen molar-refractivity contribution in [1.82, 2.24) is 4.90 Å². The largest absolute Gasteiger partial charge is 0.299 e. The van der Waals surface area contributed by atoms with Gasteiger partial charge in [-0.3, -0.25) is 4.90 Å². The van der Waals surface area contributed by atoms with Crippen molar-refractivity contribution < 1.29 is 0 Å². The van der Waals surface area contributed by atoms with Crippen molar-refractivity contribution in [1.29, 1.82) is 0 Å². The number of rotatable bonds is 8. The summed E-state index contributed by atoms with van der Waals surface area (Å²) in [5.41, 5.74) is 1.23. The summed E-state index contributed by atoms with van der Waals surface area (Å²) in [6.45, 7) is 7.78. The van der Waals surface area contributed by atoms with Crippen LogP contribution in [-0.4, -0.2) is 18.0 Å². The average molecular weight is 333 g/mol. The lowest BCUT2D eigenvalue weighted by Crippen LogP contribution is -2.25. The van der Waals surface area contributed by atoms with Crippen molar-refractivity contribution >= 4 is 27.5 Å². The summed E-state index contributed by atoms with van der Waals surface area (Å²) < 4.78 is 1.05. The molecule has 102 valence electrons. The number of hydrogen-bond acceptors (Lipinski definition) is 1. The standard InChI is InChI=1S/C15H23BrClN/c1-3-5-9-18(10-6-4-2)12-13-7-8-14(16)11-15(13)17/h7-8,11H,3-6,9-10,12H2,1-2H3. The van der Waals surface area contributed by atoms with E-state index >= 15 is 0 Å². The molecule has 1 aromatic rings. The summed E-state index contributed by atoms with van der Waals surface area (Å²) in [6, 6.07) is 6.17. The first-order valence-electron chi connectivity index (χ1n) is 6.83. The zero-order valence-corrected chi connectivity index (χ0v) is 13.7. The number of halogens is 2. The summed E-state index contributed by atoms with van der Waals surface area (Å²) in [5, 5.41) is 0.863. The quantitative estimate of drug-likeness (QED) is 0.607. The second-order valence-corrected chi connectivity index (χ2v) is 6.04. The van der Waals surface area contributed by atoms with Gasteiger partial charge in [-0.15, -0.1) is 0 Å². The fourth-order valence-corrected chi connectivity index (χ4v) is 2.66. The van der Waals surface area contributed by atoms with Crippen LogP contribution < -0.4 is 0 Å². The Kier molecular flexibility index (Phi) is 7.96. The van der Waals surface area contributed by atoms with Gasteiger partial charge in [0.25, 0.3) is 0 Å². The van der Waals surface area contributed by atoms with Crippen LogP contribution in [0.1, 0.15) is 45.1 Å². The summed E-state index contributed by atoms with van der Waals surface area (Å²) in [4.78, 5) is 2.52. The second-order valence-electron chi connectivity index (χ2n) is 4.72. The van der Waals surface area contributed by atoms with Gasteiger partial charge in [0.1, 0.15) is 0 Å². The Bertz CT molecular complexity index is 346. The van der Waals surface area contributed by atoms with Crippen molar-refractivity contribution in [2.75, 3.05) is 13.1 Å². The van der Waals surface area contributed by atoms with Crippen molar-refractivity contribution in [3.8, 4) is 0 Å². The predicted octanol–water partition coefficient (Wildman–Crippen LogP) is 5.50. The molecule has 18 heavy (non-hydrogen) atoms. The van der Waals surface area contributed by atoms with Gasteiger partial charge >= 0.3 is 0 Å². The number of hydrogen-bond donors (Lipinski definition) is 0.